The molecule has 0 heterocycles. The molecule has 0 amide bonds. The fourth-order valence-corrected chi connectivity index (χ4v) is 3.71. The van der Waals surface area contributed by atoms with Gasteiger partial charge in [-0.05, 0) is 24.3 Å². The van der Waals surface area contributed by atoms with Crippen LogP contribution >= 0.6 is 39.1 Å². The number of carbonyl (C=O) groups excluding carboxylic acids is 1. The number of aromatic hydroxyl groups is 1. The molecule has 7 nitrogen and oxygen atoms in total. The lowest BCUT2D eigenvalue weighted by molar-refractivity contribution is -0.138. The zero-order valence-corrected chi connectivity index (χ0v) is 17.0. The first-order valence-electron chi connectivity index (χ1n) is 6.82. The molecule has 0 saturated heterocycles. The second kappa shape index (κ2) is 8.92. The number of hydrogen-bond acceptors (Lipinski definition) is 6. The molecule has 1 atom stereocenters. The molecular weight excluding hydrogens is 473 g/mol. The number of carbonyl (C=O) groups is 1. The van der Waals surface area contributed by atoms with E-state index in [0.29, 0.717) is 8.78 Å². The summed E-state index contributed by atoms with van der Waals surface area (Å²) in [5.74, 6) is -0.891. The molecule has 0 saturated carbocycles. The Labute approximate surface area is 170 Å². The Bertz CT molecular complexity index is 843. The van der Waals surface area contributed by atoms with Gasteiger partial charge in [-0.2, -0.15) is 0 Å². The van der Waals surface area contributed by atoms with Gasteiger partial charge in [-0.1, -0.05) is 39.1 Å². The van der Waals surface area contributed by atoms with Gasteiger partial charge in [0.15, 0.2) is 5.75 Å². The minimum Gasteiger partial charge on any atom is -0.755 e. The van der Waals surface area contributed by atoms with Crippen molar-refractivity contribution in [2.45, 2.75) is 0 Å². The number of phenolic OH excluding ortho intramolecular Hbond substituents is 1. The van der Waals surface area contributed by atoms with Crippen molar-refractivity contribution in [3.63, 3.8) is 0 Å². The zero-order chi connectivity index (χ0) is 19.4. The minimum atomic E-state index is -2.84. The van der Waals surface area contributed by atoms with Gasteiger partial charge < -0.3 is 19.1 Å². The Kier molecular flexibility index (Phi) is 7.13. The second-order valence-electron chi connectivity index (χ2n) is 4.78. The van der Waals surface area contributed by atoms with Crippen LogP contribution < -0.4 is 9.04 Å². The first kappa shape index (κ1) is 20.8. The van der Waals surface area contributed by atoms with Gasteiger partial charge in [0.05, 0.1) is 22.8 Å². The third-order valence-corrected chi connectivity index (χ3v) is 4.78. The number of halogens is 3. The molecule has 11 heteroatoms. The van der Waals surface area contributed by atoms with E-state index in [1.54, 1.807) is 12.1 Å². The van der Waals surface area contributed by atoms with Gasteiger partial charge in [0.2, 0.25) is 0 Å². The molecular formula is C15H11BrCl2NO6S-. The average molecular weight is 484 g/mol. The summed E-state index contributed by atoms with van der Waals surface area (Å²) < 4.78 is 34.2. The largest absolute Gasteiger partial charge is 0.755 e. The van der Waals surface area contributed by atoms with Crippen molar-refractivity contribution in [1.29, 1.82) is 0 Å². The SMILES string of the molecule is COC(=O)CN(c1cc(Oc2c(Cl)cc(Br)cc2Cl)ccc1O)S(=O)[O-]. The molecule has 140 valence electrons. The molecule has 2 rings (SSSR count). The number of anilines is 1. The monoisotopic (exact) mass is 482 g/mol. The predicted octanol–water partition coefficient (Wildman–Crippen LogP) is 4.03. The molecule has 0 bridgehead atoms. The molecule has 0 fully saturated rings. The summed E-state index contributed by atoms with van der Waals surface area (Å²) in [4.78, 5) is 11.4. The lowest BCUT2D eigenvalue weighted by atomic mass is 10.2. The van der Waals surface area contributed by atoms with Crippen LogP contribution in [0.2, 0.25) is 10.0 Å². The molecule has 0 aromatic heterocycles. The quantitative estimate of drug-likeness (QED) is 0.492. The summed E-state index contributed by atoms with van der Waals surface area (Å²) >= 11 is 12.6. The molecule has 0 aliphatic carbocycles. The van der Waals surface area contributed by atoms with Crippen LogP contribution in [0.1, 0.15) is 0 Å². The number of esters is 1. The van der Waals surface area contributed by atoms with Gasteiger partial charge in [0.1, 0.15) is 18.0 Å². The smallest absolute Gasteiger partial charge is 0.326 e. The number of benzene rings is 2. The van der Waals surface area contributed by atoms with Crippen molar-refractivity contribution in [3.8, 4) is 17.2 Å². The number of nitrogens with zero attached hydrogens (tertiary/aromatic N) is 1. The van der Waals surface area contributed by atoms with Crippen molar-refractivity contribution < 1.29 is 28.1 Å². The Morgan fingerprint density at radius 3 is 2.46 bits per heavy atom. The first-order valence-corrected chi connectivity index (χ1v) is 9.40. The summed E-state index contributed by atoms with van der Waals surface area (Å²) in [6, 6.07) is 6.96. The van der Waals surface area contributed by atoms with Gasteiger partial charge in [-0.3, -0.25) is 13.3 Å². The summed E-state index contributed by atoms with van der Waals surface area (Å²) in [5, 5.41) is 10.4. The van der Waals surface area contributed by atoms with Gasteiger partial charge in [0, 0.05) is 21.8 Å². The third kappa shape index (κ3) is 5.01. The highest BCUT2D eigenvalue weighted by molar-refractivity contribution is 9.10. The molecule has 1 N–H and O–H groups in total. The molecule has 0 aliphatic rings. The van der Waals surface area contributed by atoms with Crippen molar-refractivity contribution >= 4 is 62.1 Å². The average Bonchev–Trinajstić information content (AvgIpc) is 2.57. The fraction of sp³-hybridized carbons (Fsp3) is 0.133. The van der Waals surface area contributed by atoms with Crippen LogP contribution in [0.25, 0.3) is 0 Å². The Balaban J connectivity index is 2.40. The van der Waals surface area contributed by atoms with Gasteiger partial charge in [0.25, 0.3) is 0 Å². The molecule has 2 aromatic carbocycles. The lowest BCUT2D eigenvalue weighted by Crippen LogP contribution is -2.32. The summed E-state index contributed by atoms with van der Waals surface area (Å²) in [5.41, 5.74) is -0.175. The highest BCUT2D eigenvalue weighted by atomic mass is 79.9. The maximum absolute atomic E-state index is 11.4. The summed E-state index contributed by atoms with van der Waals surface area (Å²) in [6.07, 6.45) is 0. The summed E-state index contributed by atoms with van der Waals surface area (Å²) in [7, 11) is 1.12. The number of ether oxygens (including phenoxy) is 2. The number of methoxy groups -OCH3 is 1. The van der Waals surface area contributed by atoms with Crippen LogP contribution in [-0.2, 0) is 20.8 Å². The van der Waals surface area contributed by atoms with Gasteiger partial charge >= 0.3 is 5.97 Å². The van der Waals surface area contributed by atoms with Crippen LogP contribution in [0.5, 0.6) is 17.2 Å². The fourth-order valence-electron chi connectivity index (χ4n) is 1.91. The van der Waals surface area contributed by atoms with Crippen LogP contribution in [-0.4, -0.2) is 33.5 Å². The zero-order valence-electron chi connectivity index (χ0n) is 13.1. The van der Waals surface area contributed by atoms with E-state index in [9.17, 15) is 18.7 Å². The van der Waals surface area contributed by atoms with E-state index >= 15 is 0 Å². The van der Waals surface area contributed by atoms with Crippen LogP contribution in [0.15, 0.2) is 34.8 Å². The van der Waals surface area contributed by atoms with E-state index in [2.05, 4.69) is 20.7 Å². The Hall–Kier alpha value is -1.52. The van der Waals surface area contributed by atoms with Crippen LogP contribution in [0.4, 0.5) is 5.69 Å². The highest BCUT2D eigenvalue weighted by Gasteiger charge is 2.18. The summed E-state index contributed by atoms with van der Waals surface area (Å²) in [6.45, 7) is -0.622. The molecule has 1 unspecified atom stereocenters. The second-order valence-corrected chi connectivity index (χ2v) is 7.39. The van der Waals surface area contributed by atoms with Crippen molar-refractivity contribution in [2.24, 2.45) is 0 Å². The maximum Gasteiger partial charge on any atom is 0.326 e. The molecule has 26 heavy (non-hydrogen) atoms. The van der Waals surface area contributed by atoms with Crippen molar-refractivity contribution in [3.05, 3.63) is 44.8 Å². The van der Waals surface area contributed by atoms with Crippen LogP contribution in [0, 0.1) is 0 Å². The molecule has 0 radical (unpaired) electrons. The third-order valence-electron chi connectivity index (χ3n) is 3.08. The molecule has 0 aliphatic heterocycles. The number of hydrogen-bond donors (Lipinski definition) is 1. The van der Waals surface area contributed by atoms with E-state index < -0.39 is 23.8 Å². The van der Waals surface area contributed by atoms with E-state index in [0.717, 1.165) is 7.11 Å². The van der Waals surface area contributed by atoms with Crippen LogP contribution in [0.3, 0.4) is 0 Å². The number of phenols is 1. The van der Waals surface area contributed by atoms with Gasteiger partial charge in [-0.15, -0.1) is 0 Å². The normalized spacial score (nSPS) is 11.7. The highest BCUT2D eigenvalue weighted by Crippen LogP contribution is 2.40. The lowest BCUT2D eigenvalue weighted by Gasteiger charge is -2.26. The van der Waals surface area contributed by atoms with Gasteiger partial charge in [-0.25, -0.2) is 0 Å². The number of rotatable bonds is 6. The Morgan fingerprint density at radius 1 is 1.31 bits per heavy atom. The molecule has 2 aromatic rings. The minimum absolute atomic E-state index is 0.143. The van der Waals surface area contributed by atoms with E-state index in [-0.39, 0.29) is 33.0 Å². The van der Waals surface area contributed by atoms with Crippen molar-refractivity contribution in [2.75, 3.05) is 18.0 Å². The van der Waals surface area contributed by atoms with E-state index in [1.807, 2.05) is 0 Å². The topological polar surface area (TPSA) is 99.1 Å². The van der Waals surface area contributed by atoms with E-state index in [1.165, 1.54) is 18.2 Å². The first-order chi connectivity index (χ1) is 12.2. The standard InChI is InChI=1S/C15H12BrCl2NO6S/c1-24-14(21)7-19(26(22)23)12-6-9(2-3-13(12)20)25-15-10(17)4-8(16)5-11(15)18/h2-6,20H,7H2,1H3,(H,22,23)/p-1. The maximum atomic E-state index is 11.4. The van der Waals surface area contributed by atoms with Crippen molar-refractivity contribution in [1.82, 2.24) is 0 Å². The Morgan fingerprint density at radius 2 is 1.92 bits per heavy atom. The van der Waals surface area contributed by atoms with E-state index in [4.69, 9.17) is 27.9 Å². The molecule has 0 spiro atoms. The predicted molar refractivity (Wildman–Crippen MR) is 101 cm³/mol.